The Hall–Kier alpha value is -0.0135. The van der Waals surface area contributed by atoms with Gasteiger partial charge in [-0.3, -0.25) is 0 Å². The maximum Gasteiger partial charge on any atom is 3.00 e. The van der Waals surface area contributed by atoms with Gasteiger partial charge in [-0.05, 0) is 25.7 Å². The van der Waals surface area contributed by atoms with Gasteiger partial charge in [0.05, 0.1) is 0 Å². The van der Waals surface area contributed by atoms with Crippen molar-refractivity contribution in [2.24, 2.45) is 0 Å². The van der Waals surface area contributed by atoms with E-state index in [4.69, 9.17) is 0 Å². The molecule has 0 spiro atoms. The molecule has 1 saturated carbocycles. The third-order valence-electron chi connectivity index (χ3n) is 3.08. The standard InChI is InChI=1S/C8H12.C7H14.3CH3.Co/c1-2-4-6-8-7-5-3-1;1-2-4-6-7-5-3-1;;;;/h1-2,7-8H,3-6H2;1-7H2;3*1H3;/q;;3*-1;+3/b2-1-,8-7?;;;;;. The van der Waals surface area contributed by atoms with Crippen LogP contribution in [0, 0.1) is 22.3 Å². The molecule has 0 aromatic rings. The van der Waals surface area contributed by atoms with Crippen LogP contribution in [0.3, 0.4) is 0 Å². The molecule has 1 heteroatoms. The summed E-state index contributed by atoms with van der Waals surface area (Å²) in [6, 6.07) is 0. The van der Waals surface area contributed by atoms with E-state index in [2.05, 4.69) is 24.3 Å². The number of hydrogen-bond donors (Lipinski definition) is 0. The van der Waals surface area contributed by atoms with Crippen LogP contribution in [0.15, 0.2) is 24.3 Å². The van der Waals surface area contributed by atoms with E-state index in [1.54, 1.807) is 0 Å². The van der Waals surface area contributed by atoms with Crippen molar-refractivity contribution in [3.63, 3.8) is 0 Å². The summed E-state index contributed by atoms with van der Waals surface area (Å²) in [5.74, 6) is 0. The Kier molecular flexibility index (Phi) is 33.3. The average molecular weight is 310 g/mol. The van der Waals surface area contributed by atoms with Crippen molar-refractivity contribution in [3.8, 4) is 0 Å². The summed E-state index contributed by atoms with van der Waals surface area (Å²) in [6.45, 7) is 0. The second-order valence-electron chi connectivity index (χ2n) is 4.57. The largest absolute Gasteiger partial charge is 3.00 e. The Morgan fingerprint density at radius 2 is 0.526 bits per heavy atom. The second-order valence-corrected chi connectivity index (χ2v) is 4.57. The fourth-order valence-corrected chi connectivity index (χ4v) is 2.09. The van der Waals surface area contributed by atoms with Crippen molar-refractivity contribution in [3.05, 3.63) is 46.6 Å². The molecular weight excluding hydrogens is 275 g/mol. The van der Waals surface area contributed by atoms with Crippen molar-refractivity contribution in [2.45, 2.75) is 70.6 Å². The predicted molar refractivity (Wildman–Crippen MR) is 88.3 cm³/mol. The van der Waals surface area contributed by atoms with Gasteiger partial charge < -0.3 is 22.3 Å². The molecule has 0 N–H and O–H groups in total. The number of allylic oxidation sites excluding steroid dienone is 4. The van der Waals surface area contributed by atoms with Gasteiger partial charge in [0.2, 0.25) is 0 Å². The second kappa shape index (κ2) is 23.1. The minimum absolute atomic E-state index is 0. The first-order valence-electron chi connectivity index (χ1n) is 6.80. The van der Waals surface area contributed by atoms with E-state index in [0.29, 0.717) is 0 Å². The zero-order valence-corrected chi connectivity index (χ0v) is 14.5. The first-order chi connectivity index (χ1) is 7.50. The van der Waals surface area contributed by atoms with E-state index in [0.717, 1.165) is 0 Å². The van der Waals surface area contributed by atoms with E-state index < -0.39 is 0 Å². The zero-order chi connectivity index (χ0) is 10.6. The molecule has 1 fully saturated rings. The van der Waals surface area contributed by atoms with E-state index in [1.165, 1.54) is 70.6 Å². The van der Waals surface area contributed by atoms with Crippen LogP contribution < -0.4 is 0 Å². The average Bonchev–Trinajstić information content (AvgIpc) is 2.48. The minimum atomic E-state index is 0. The quantitative estimate of drug-likeness (QED) is 0.264. The normalized spacial score (nSPS) is 18.9. The zero-order valence-electron chi connectivity index (χ0n) is 13.4. The van der Waals surface area contributed by atoms with Gasteiger partial charge in [-0.2, -0.15) is 0 Å². The molecule has 0 amide bonds. The van der Waals surface area contributed by atoms with Crippen molar-refractivity contribution in [1.29, 1.82) is 0 Å². The summed E-state index contributed by atoms with van der Waals surface area (Å²) in [5, 5.41) is 0. The van der Waals surface area contributed by atoms with Gasteiger partial charge in [0.1, 0.15) is 0 Å². The Balaban J connectivity index is -0.0000000983. The maximum absolute atomic E-state index is 2.27. The van der Waals surface area contributed by atoms with Crippen LogP contribution in [-0.2, 0) is 16.8 Å². The fourth-order valence-electron chi connectivity index (χ4n) is 2.09. The molecular formula is C18H35Co. The first-order valence-corrected chi connectivity index (χ1v) is 6.80. The van der Waals surface area contributed by atoms with Crippen molar-refractivity contribution >= 4 is 0 Å². The van der Waals surface area contributed by atoms with Crippen molar-refractivity contribution in [2.75, 3.05) is 0 Å². The maximum atomic E-state index is 2.27. The molecule has 0 nitrogen and oxygen atoms in total. The number of rotatable bonds is 0. The van der Waals surface area contributed by atoms with Gasteiger partial charge in [0.15, 0.2) is 0 Å². The SMILES string of the molecule is C1=CCC/C=C\CC1.C1CCCCCC1.[CH3-].[CH3-].[CH3-].[Co+3]. The van der Waals surface area contributed by atoms with E-state index in [9.17, 15) is 0 Å². The fraction of sp³-hybridized carbons (Fsp3) is 0.611. The van der Waals surface area contributed by atoms with E-state index in [-0.39, 0.29) is 39.1 Å². The molecule has 2 aliphatic carbocycles. The Morgan fingerprint density at radius 3 is 0.684 bits per heavy atom. The van der Waals surface area contributed by atoms with Crippen LogP contribution in [0.1, 0.15) is 70.6 Å². The van der Waals surface area contributed by atoms with Crippen LogP contribution >= 0.6 is 0 Å². The molecule has 0 atom stereocenters. The molecule has 2 aliphatic rings. The van der Waals surface area contributed by atoms with Gasteiger partial charge in [0.25, 0.3) is 0 Å². The van der Waals surface area contributed by atoms with E-state index >= 15 is 0 Å². The molecule has 0 unspecified atom stereocenters. The van der Waals surface area contributed by atoms with Crippen LogP contribution in [0.2, 0.25) is 0 Å². The molecule has 0 saturated heterocycles. The predicted octanol–water partition coefficient (Wildman–Crippen LogP) is 6.75. The summed E-state index contributed by atoms with van der Waals surface area (Å²) in [5.41, 5.74) is 0. The summed E-state index contributed by atoms with van der Waals surface area (Å²) in [4.78, 5) is 0. The summed E-state index contributed by atoms with van der Waals surface area (Å²) >= 11 is 0. The molecule has 2 rings (SSSR count). The van der Waals surface area contributed by atoms with Crippen molar-refractivity contribution < 1.29 is 16.8 Å². The van der Waals surface area contributed by atoms with Crippen molar-refractivity contribution in [1.82, 2.24) is 0 Å². The van der Waals surface area contributed by atoms with Crippen LogP contribution in [0.5, 0.6) is 0 Å². The molecule has 0 radical (unpaired) electrons. The Morgan fingerprint density at radius 1 is 0.368 bits per heavy atom. The first kappa shape index (κ1) is 27.3. The Bertz CT molecular complexity index is 136. The molecule has 19 heavy (non-hydrogen) atoms. The van der Waals surface area contributed by atoms with Crippen LogP contribution in [0.4, 0.5) is 0 Å². The smallest absolute Gasteiger partial charge is 0.358 e. The number of hydrogen-bond acceptors (Lipinski definition) is 0. The van der Waals surface area contributed by atoms with Gasteiger partial charge in [-0.25, -0.2) is 0 Å². The van der Waals surface area contributed by atoms with Crippen LogP contribution in [0.25, 0.3) is 0 Å². The summed E-state index contributed by atoms with van der Waals surface area (Å²) < 4.78 is 0. The molecule has 116 valence electrons. The van der Waals surface area contributed by atoms with Gasteiger partial charge in [-0.1, -0.05) is 69.2 Å². The molecule has 0 bridgehead atoms. The van der Waals surface area contributed by atoms with E-state index in [1.807, 2.05) is 0 Å². The van der Waals surface area contributed by atoms with Gasteiger partial charge in [0, 0.05) is 0 Å². The van der Waals surface area contributed by atoms with Gasteiger partial charge in [-0.15, -0.1) is 0 Å². The molecule has 0 aromatic carbocycles. The Labute approximate surface area is 134 Å². The summed E-state index contributed by atoms with van der Waals surface area (Å²) in [6.07, 6.45) is 24.5. The monoisotopic (exact) mass is 310 g/mol. The summed E-state index contributed by atoms with van der Waals surface area (Å²) in [7, 11) is 0. The minimum Gasteiger partial charge on any atom is -0.358 e. The molecule has 0 aromatic heterocycles. The third-order valence-corrected chi connectivity index (χ3v) is 3.08. The molecule has 0 aliphatic heterocycles. The third kappa shape index (κ3) is 20.5. The molecule has 0 heterocycles. The van der Waals surface area contributed by atoms with Crippen LogP contribution in [-0.4, -0.2) is 0 Å². The van der Waals surface area contributed by atoms with Gasteiger partial charge >= 0.3 is 16.8 Å². The topological polar surface area (TPSA) is 0 Å².